The molecule has 1 aromatic carbocycles. The lowest BCUT2D eigenvalue weighted by Gasteiger charge is -2.33. The Morgan fingerprint density at radius 3 is 3.00 bits per heavy atom. The van der Waals surface area contributed by atoms with Crippen LogP contribution >= 0.6 is 0 Å². The van der Waals surface area contributed by atoms with Crippen molar-refractivity contribution in [2.45, 2.75) is 18.9 Å². The number of benzene rings is 1. The van der Waals surface area contributed by atoms with Gasteiger partial charge in [-0.05, 0) is 32.0 Å². The summed E-state index contributed by atoms with van der Waals surface area (Å²) in [6.45, 7) is 1.39. The quantitative estimate of drug-likeness (QED) is 0.660. The van der Waals surface area contributed by atoms with Gasteiger partial charge in [0.1, 0.15) is 5.69 Å². The topological polar surface area (TPSA) is 58.4 Å². The summed E-state index contributed by atoms with van der Waals surface area (Å²) in [6, 6.07) is 4.54. The van der Waals surface area contributed by atoms with Gasteiger partial charge in [0.05, 0.1) is 4.92 Å². The Kier molecular flexibility index (Phi) is 3.76. The Morgan fingerprint density at radius 1 is 1.56 bits per heavy atom. The standard InChI is InChI=1S/C12H16FN3O2/c1-14-9-4-3-7-15(8-9)11-6-2-5-10(13)12(11)16(17)18/h2,5-6,9,14H,3-4,7-8H2,1H3. The first-order chi connectivity index (χ1) is 8.63. The maximum absolute atomic E-state index is 13.6. The van der Waals surface area contributed by atoms with E-state index in [-0.39, 0.29) is 0 Å². The van der Waals surface area contributed by atoms with Crippen molar-refractivity contribution in [3.8, 4) is 0 Å². The van der Waals surface area contributed by atoms with E-state index in [1.165, 1.54) is 6.07 Å². The summed E-state index contributed by atoms with van der Waals surface area (Å²) in [5.74, 6) is -0.774. The van der Waals surface area contributed by atoms with Gasteiger partial charge in [-0.15, -0.1) is 0 Å². The number of para-hydroxylation sites is 1. The van der Waals surface area contributed by atoms with Crippen molar-refractivity contribution in [1.82, 2.24) is 5.32 Å². The molecule has 1 unspecified atom stereocenters. The first-order valence-electron chi connectivity index (χ1n) is 5.98. The maximum atomic E-state index is 13.6. The molecule has 5 nitrogen and oxygen atoms in total. The first kappa shape index (κ1) is 12.8. The molecule has 0 bridgehead atoms. The summed E-state index contributed by atoms with van der Waals surface area (Å²) >= 11 is 0. The lowest BCUT2D eigenvalue weighted by Crippen LogP contribution is -2.44. The molecule has 0 spiro atoms. The predicted molar refractivity (Wildman–Crippen MR) is 67.3 cm³/mol. The second kappa shape index (κ2) is 5.30. The van der Waals surface area contributed by atoms with Crippen molar-refractivity contribution in [1.29, 1.82) is 0 Å². The molecule has 1 atom stereocenters. The van der Waals surface area contributed by atoms with E-state index in [0.717, 1.165) is 25.5 Å². The van der Waals surface area contributed by atoms with Crippen molar-refractivity contribution in [3.63, 3.8) is 0 Å². The molecule has 2 rings (SSSR count). The Bertz CT molecular complexity index is 453. The fourth-order valence-corrected chi connectivity index (χ4v) is 2.37. The van der Waals surface area contributed by atoms with Crippen LogP contribution in [0.5, 0.6) is 0 Å². The predicted octanol–water partition coefficient (Wildman–Crippen LogP) is 1.92. The Morgan fingerprint density at radius 2 is 2.33 bits per heavy atom. The number of rotatable bonds is 3. The highest BCUT2D eigenvalue weighted by Gasteiger charge is 2.27. The lowest BCUT2D eigenvalue weighted by molar-refractivity contribution is -0.386. The van der Waals surface area contributed by atoms with E-state index >= 15 is 0 Å². The zero-order valence-electron chi connectivity index (χ0n) is 10.2. The molecular weight excluding hydrogens is 237 g/mol. The van der Waals surface area contributed by atoms with Gasteiger partial charge in [0.25, 0.3) is 0 Å². The molecule has 1 heterocycles. The molecule has 0 aliphatic carbocycles. The molecule has 1 aliphatic heterocycles. The molecule has 0 radical (unpaired) electrons. The SMILES string of the molecule is CNC1CCCN(c2cccc(F)c2[N+](=O)[O-])C1. The summed E-state index contributed by atoms with van der Waals surface area (Å²) in [5, 5.41) is 14.1. The molecule has 0 saturated carbocycles. The van der Waals surface area contributed by atoms with E-state index in [2.05, 4.69) is 5.32 Å². The van der Waals surface area contributed by atoms with E-state index in [4.69, 9.17) is 0 Å². The van der Waals surface area contributed by atoms with E-state index < -0.39 is 16.4 Å². The van der Waals surface area contributed by atoms with Gasteiger partial charge in [-0.25, -0.2) is 0 Å². The third-order valence-electron chi connectivity index (χ3n) is 3.32. The molecule has 1 fully saturated rings. The lowest BCUT2D eigenvalue weighted by atomic mass is 10.0. The van der Waals surface area contributed by atoms with Crippen molar-refractivity contribution < 1.29 is 9.31 Å². The van der Waals surface area contributed by atoms with Gasteiger partial charge in [-0.2, -0.15) is 4.39 Å². The zero-order valence-corrected chi connectivity index (χ0v) is 10.2. The second-order valence-corrected chi connectivity index (χ2v) is 4.44. The van der Waals surface area contributed by atoms with Crippen molar-refractivity contribution in [2.24, 2.45) is 0 Å². The molecule has 1 aromatic rings. The average Bonchev–Trinajstić information content (AvgIpc) is 2.38. The van der Waals surface area contributed by atoms with Crippen LogP contribution in [0.15, 0.2) is 18.2 Å². The van der Waals surface area contributed by atoms with Gasteiger partial charge >= 0.3 is 5.69 Å². The van der Waals surface area contributed by atoms with Crippen LogP contribution in [-0.4, -0.2) is 31.1 Å². The number of nitro groups is 1. The van der Waals surface area contributed by atoms with Gasteiger partial charge in [0, 0.05) is 19.1 Å². The van der Waals surface area contributed by atoms with Crippen LogP contribution in [-0.2, 0) is 0 Å². The molecule has 6 heteroatoms. The van der Waals surface area contributed by atoms with Gasteiger partial charge in [-0.3, -0.25) is 10.1 Å². The minimum absolute atomic E-state index is 0.293. The van der Waals surface area contributed by atoms with Gasteiger partial charge in [-0.1, -0.05) is 6.07 Å². The highest BCUT2D eigenvalue weighted by Crippen LogP contribution is 2.32. The highest BCUT2D eigenvalue weighted by atomic mass is 19.1. The third kappa shape index (κ3) is 2.43. The summed E-state index contributed by atoms with van der Waals surface area (Å²) < 4.78 is 13.6. The number of anilines is 1. The summed E-state index contributed by atoms with van der Waals surface area (Å²) in [6.07, 6.45) is 1.98. The highest BCUT2D eigenvalue weighted by molar-refractivity contribution is 5.64. The van der Waals surface area contributed by atoms with Crippen LogP contribution in [0.3, 0.4) is 0 Å². The molecule has 1 N–H and O–H groups in total. The van der Waals surface area contributed by atoms with Gasteiger partial charge < -0.3 is 10.2 Å². The first-order valence-corrected chi connectivity index (χ1v) is 5.98. The van der Waals surface area contributed by atoms with E-state index in [1.807, 2.05) is 11.9 Å². The van der Waals surface area contributed by atoms with Gasteiger partial charge in [0.15, 0.2) is 0 Å². The minimum Gasteiger partial charge on any atom is -0.364 e. The molecule has 0 amide bonds. The summed E-state index contributed by atoms with van der Waals surface area (Å²) in [5.41, 5.74) is -0.0470. The number of halogens is 1. The summed E-state index contributed by atoms with van der Waals surface area (Å²) in [4.78, 5) is 12.2. The van der Waals surface area contributed by atoms with Crippen LogP contribution in [0.25, 0.3) is 0 Å². The van der Waals surface area contributed by atoms with E-state index in [9.17, 15) is 14.5 Å². The van der Waals surface area contributed by atoms with E-state index in [0.29, 0.717) is 18.3 Å². The number of piperidine rings is 1. The molecular formula is C12H16FN3O2. The van der Waals surface area contributed by atoms with Crippen molar-refractivity contribution in [2.75, 3.05) is 25.0 Å². The monoisotopic (exact) mass is 253 g/mol. The molecule has 1 aliphatic rings. The zero-order chi connectivity index (χ0) is 13.1. The fraction of sp³-hybridized carbons (Fsp3) is 0.500. The smallest absolute Gasteiger partial charge is 0.327 e. The van der Waals surface area contributed by atoms with E-state index in [1.54, 1.807) is 6.07 Å². The van der Waals surface area contributed by atoms with Gasteiger partial charge in [0.2, 0.25) is 5.82 Å². The third-order valence-corrected chi connectivity index (χ3v) is 3.32. The van der Waals surface area contributed by atoms with Crippen LogP contribution in [0, 0.1) is 15.9 Å². The number of hydrogen-bond donors (Lipinski definition) is 1. The maximum Gasteiger partial charge on any atom is 0.327 e. The largest absolute Gasteiger partial charge is 0.364 e. The number of nitrogens with one attached hydrogen (secondary N) is 1. The Hall–Kier alpha value is -1.69. The Labute approximate surface area is 105 Å². The Balaban J connectivity index is 2.32. The number of nitro benzene ring substituents is 1. The second-order valence-electron chi connectivity index (χ2n) is 4.44. The molecule has 1 saturated heterocycles. The van der Waals surface area contributed by atoms with Crippen molar-refractivity contribution >= 4 is 11.4 Å². The van der Waals surface area contributed by atoms with Crippen molar-refractivity contribution in [3.05, 3.63) is 34.1 Å². The summed E-state index contributed by atoms with van der Waals surface area (Å²) in [7, 11) is 1.87. The van der Waals surface area contributed by atoms with Crippen LogP contribution in [0.1, 0.15) is 12.8 Å². The number of nitrogens with zero attached hydrogens (tertiary/aromatic N) is 2. The van der Waals surface area contributed by atoms with Crippen LogP contribution < -0.4 is 10.2 Å². The normalized spacial score (nSPS) is 19.9. The van der Waals surface area contributed by atoms with Crippen LogP contribution in [0.4, 0.5) is 15.8 Å². The minimum atomic E-state index is -0.774. The molecule has 0 aromatic heterocycles. The molecule has 18 heavy (non-hydrogen) atoms. The van der Waals surface area contributed by atoms with Crippen LogP contribution in [0.2, 0.25) is 0 Å². The number of hydrogen-bond acceptors (Lipinski definition) is 4. The number of likely N-dealkylation sites (N-methyl/N-ethyl adjacent to an activating group) is 1. The fourth-order valence-electron chi connectivity index (χ4n) is 2.37. The average molecular weight is 253 g/mol. The molecule has 98 valence electrons.